The first-order valence-corrected chi connectivity index (χ1v) is 8.44. The topological polar surface area (TPSA) is 24.4 Å². The maximum atomic E-state index is 4.79. The lowest BCUT2D eigenvalue weighted by molar-refractivity contribution is 0.405. The molecule has 0 spiro atoms. The van der Waals surface area contributed by atoms with Crippen LogP contribution in [0.1, 0.15) is 39.0 Å². The number of hydrogen-bond donors (Lipinski definition) is 1. The van der Waals surface area contributed by atoms with Crippen LogP contribution >= 0.6 is 23.5 Å². The van der Waals surface area contributed by atoms with Crippen molar-refractivity contribution < 1.29 is 0 Å². The van der Waals surface area contributed by atoms with E-state index in [2.05, 4.69) is 18.5 Å². The van der Waals surface area contributed by atoms with Gasteiger partial charge in [-0.1, -0.05) is 31.0 Å². The zero-order valence-corrected chi connectivity index (χ0v) is 11.9. The predicted octanol–water partition coefficient (Wildman–Crippen LogP) is 3.13. The van der Waals surface area contributed by atoms with Crippen LogP contribution in [0.3, 0.4) is 0 Å². The van der Waals surface area contributed by atoms with Gasteiger partial charge in [0.1, 0.15) is 0 Å². The van der Waals surface area contributed by atoms with Crippen molar-refractivity contribution in [2.24, 2.45) is 4.99 Å². The highest BCUT2D eigenvalue weighted by atomic mass is 32.2. The Kier molecular flexibility index (Phi) is 4.48. The van der Waals surface area contributed by atoms with Crippen molar-refractivity contribution in [1.29, 1.82) is 0 Å². The fourth-order valence-corrected chi connectivity index (χ4v) is 4.25. The molecule has 1 aliphatic heterocycles. The highest BCUT2D eigenvalue weighted by molar-refractivity contribution is 8.14. The number of rotatable bonds is 3. The van der Waals surface area contributed by atoms with Gasteiger partial charge in [0.05, 0.1) is 6.54 Å². The predicted molar refractivity (Wildman–Crippen MR) is 76.7 cm³/mol. The Morgan fingerprint density at radius 1 is 1.44 bits per heavy atom. The van der Waals surface area contributed by atoms with Crippen LogP contribution in [0.25, 0.3) is 0 Å². The number of thioether (sulfide) groups is 2. The first-order chi connectivity index (χ1) is 7.74. The molecular formula is C12H22N2S2. The molecule has 0 amide bonds. The van der Waals surface area contributed by atoms with Gasteiger partial charge in [0.15, 0.2) is 5.17 Å². The summed E-state index contributed by atoms with van der Waals surface area (Å²) >= 11 is 3.91. The van der Waals surface area contributed by atoms with Crippen molar-refractivity contribution >= 4 is 28.7 Å². The Morgan fingerprint density at radius 3 is 2.75 bits per heavy atom. The van der Waals surface area contributed by atoms with Crippen molar-refractivity contribution in [1.82, 2.24) is 5.32 Å². The van der Waals surface area contributed by atoms with Crippen molar-refractivity contribution in [2.75, 3.05) is 18.6 Å². The minimum absolute atomic E-state index is 0.444. The van der Waals surface area contributed by atoms with E-state index in [0.717, 1.165) is 6.54 Å². The summed E-state index contributed by atoms with van der Waals surface area (Å²) in [6.45, 7) is 3.23. The van der Waals surface area contributed by atoms with Crippen LogP contribution in [0.15, 0.2) is 4.99 Å². The summed E-state index contributed by atoms with van der Waals surface area (Å²) in [5.41, 5.74) is 0. The van der Waals surface area contributed by atoms with E-state index < -0.39 is 0 Å². The average Bonchev–Trinajstić information content (AvgIpc) is 2.74. The molecule has 2 rings (SSSR count). The number of amidine groups is 1. The van der Waals surface area contributed by atoms with Gasteiger partial charge in [0.2, 0.25) is 0 Å². The molecule has 0 aromatic rings. The van der Waals surface area contributed by atoms with Gasteiger partial charge in [-0.2, -0.15) is 11.8 Å². The molecule has 4 heteroatoms. The minimum atomic E-state index is 0.444. The van der Waals surface area contributed by atoms with Crippen LogP contribution in [-0.4, -0.2) is 34.5 Å². The van der Waals surface area contributed by atoms with Crippen LogP contribution in [0.4, 0.5) is 0 Å². The van der Waals surface area contributed by atoms with Gasteiger partial charge < -0.3 is 5.32 Å². The molecule has 1 aliphatic carbocycles. The summed E-state index contributed by atoms with van der Waals surface area (Å²) in [4.78, 5) is 4.79. The summed E-state index contributed by atoms with van der Waals surface area (Å²) in [6, 6.07) is 0.598. The molecule has 16 heavy (non-hydrogen) atoms. The summed E-state index contributed by atoms with van der Waals surface area (Å²) in [7, 11) is 0. The second kappa shape index (κ2) is 5.67. The number of aliphatic imine (C=N–C) groups is 1. The highest BCUT2D eigenvalue weighted by Gasteiger charge is 2.31. The third-order valence-electron chi connectivity index (χ3n) is 3.55. The lowest BCUT2D eigenvalue weighted by Gasteiger charge is -2.34. The van der Waals surface area contributed by atoms with Gasteiger partial charge in [-0.25, -0.2) is 0 Å². The molecule has 0 aromatic heterocycles. The lowest BCUT2D eigenvalue weighted by Crippen LogP contribution is -2.32. The van der Waals surface area contributed by atoms with Crippen molar-refractivity contribution in [3.05, 3.63) is 0 Å². The third kappa shape index (κ3) is 3.10. The van der Waals surface area contributed by atoms with Gasteiger partial charge in [-0.3, -0.25) is 4.99 Å². The smallest absolute Gasteiger partial charge is 0.156 e. The van der Waals surface area contributed by atoms with E-state index >= 15 is 0 Å². The fraction of sp³-hybridized carbons (Fsp3) is 0.917. The Labute approximate surface area is 107 Å². The molecule has 1 atom stereocenters. The highest BCUT2D eigenvalue weighted by Crippen LogP contribution is 2.39. The molecule has 2 fully saturated rings. The number of hydrogen-bond acceptors (Lipinski definition) is 3. The van der Waals surface area contributed by atoms with E-state index in [9.17, 15) is 0 Å². The van der Waals surface area contributed by atoms with Crippen molar-refractivity contribution in [2.45, 2.75) is 49.8 Å². The van der Waals surface area contributed by atoms with E-state index in [-0.39, 0.29) is 0 Å². The minimum Gasteiger partial charge on any atom is -0.362 e. The van der Waals surface area contributed by atoms with Gasteiger partial charge >= 0.3 is 0 Å². The van der Waals surface area contributed by atoms with E-state index in [1.807, 2.05) is 23.5 Å². The standard InChI is InChI=1S/C12H22N2S2/c1-10-8-16-11(14-10)13-9-12(15-2)6-4-3-5-7-12/h10H,3-9H2,1-2H3,(H,13,14). The Hall–Kier alpha value is 0.170. The number of nitrogens with one attached hydrogen (secondary N) is 1. The van der Waals surface area contributed by atoms with Crippen LogP contribution < -0.4 is 5.32 Å². The Balaban J connectivity index is 1.91. The quantitative estimate of drug-likeness (QED) is 0.841. The second-order valence-electron chi connectivity index (χ2n) is 4.93. The van der Waals surface area contributed by atoms with Crippen molar-refractivity contribution in [3.63, 3.8) is 0 Å². The maximum absolute atomic E-state index is 4.79. The first kappa shape index (κ1) is 12.6. The third-order valence-corrected chi connectivity index (χ3v) is 6.14. The van der Waals surface area contributed by atoms with E-state index in [1.165, 1.54) is 43.0 Å². The lowest BCUT2D eigenvalue weighted by atomic mass is 9.88. The molecule has 1 N–H and O–H groups in total. The fourth-order valence-electron chi connectivity index (χ4n) is 2.43. The average molecular weight is 258 g/mol. The van der Waals surface area contributed by atoms with Crippen LogP contribution in [-0.2, 0) is 0 Å². The van der Waals surface area contributed by atoms with Crippen LogP contribution in [0.2, 0.25) is 0 Å². The molecule has 2 nitrogen and oxygen atoms in total. The SMILES string of the molecule is CSC1(CN=C2NC(C)CS2)CCCCC1. The molecule has 1 saturated heterocycles. The summed E-state index contributed by atoms with van der Waals surface area (Å²) in [5, 5.41) is 4.61. The first-order valence-electron chi connectivity index (χ1n) is 6.23. The summed E-state index contributed by atoms with van der Waals surface area (Å²) < 4.78 is 0.444. The normalized spacial score (nSPS) is 31.6. The second-order valence-corrected chi connectivity index (χ2v) is 7.21. The van der Waals surface area contributed by atoms with Gasteiger partial charge in [0, 0.05) is 16.5 Å². The molecule has 1 saturated carbocycles. The molecule has 0 aromatic carbocycles. The maximum Gasteiger partial charge on any atom is 0.156 e. The largest absolute Gasteiger partial charge is 0.362 e. The van der Waals surface area contributed by atoms with Gasteiger partial charge in [-0.15, -0.1) is 0 Å². The monoisotopic (exact) mass is 258 g/mol. The van der Waals surface area contributed by atoms with E-state index in [1.54, 1.807) is 0 Å². The summed E-state index contributed by atoms with van der Waals surface area (Å²) in [5.74, 6) is 1.17. The molecule has 0 radical (unpaired) electrons. The Bertz CT molecular complexity index is 260. The molecule has 92 valence electrons. The Morgan fingerprint density at radius 2 is 2.19 bits per heavy atom. The van der Waals surface area contributed by atoms with E-state index in [4.69, 9.17) is 4.99 Å². The molecule has 2 aliphatic rings. The molecule has 1 heterocycles. The molecular weight excluding hydrogens is 236 g/mol. The summed E-state index contributed by atoms with van der Waals surface area (Å²) in [6.07, 6.45) is 9.16. The molecule has 0 bridgehead atoms. The molecule has 1 unspecified atom stereocenters. The number of nitrogens with zero attached hydrogens (tertiary/aromatic N) is 1. The zero-order chi connectivity index (χ0) is 11.4. The van der Waals surface area contributed by atoms with Crippen LogP contribution in [0, 0.1) is 0 Å². The van der Waals surface area contributed by atoms with Gasteiger partial charge in [0.25, 0.3) is 0 Å². The van der Waals surface area contributed by atoms with Crippen LogP contribution in [0.5, 0.6) is 0 Å². The van der Waals surface area contributed by atoms with Crippen molar-refractivity contribution in [3.8, 4) is 0 Å². The zero-order valence-electron chi connectivity index (χ0n) is 10.3. The van der Waals surface area contributed by atoms with E-state index in [0.29, 0.717) is 10.8 Å². The van der Waals surface area contributed by atoms with Gasteiger partial charge in [-0.05, 0) is 26.0 Å².